The molecule has 0 spiro atoms. The highest BCUT2D eigenvalue weighted by Crippen LogP contribution is 2.40. The number of Topliss-reactive ketones (excluding diaryl/α,β-unsaturated/α-hetero) is 1. The van der Waals surface area contributed by atoms with Gasteiger partial charge in [0.05, 0.1) is 0 Å². The summed E-state index contributed by atoms with van der Waals surface area (Å²) in [6.07, 6.45) is 5.19. The third-order valence-corrected chi connectivity index (χ3v) is 7.46. The van der Waals surface area contributed by atoms with Crippen LogP contribution in [0.25, 0.3) is 5.57 Å². The predicted molar refractivity (Wildman–Crippen MR) is 124 cm³/mol. The lowest BCUT2D eigenvalue weighted by Crippen LogP contribution is -2.34. The summed E-state index contributed by atoms with van der Waals surface area (Å²) in [5.74, 6) is 0.373. The summed E-state index contributed by atoms with van der Waals surface area (Å²) < 4.78 is 0. The van der Waals surface area contributed by atoms with Gasteiger partial charge in [0, 0.05) is 36.3 Å². The first-order valence-corrected chi connectivity index (χ1v) is 11.9. The SMILES string of the molecule is Cc1ccc2c(c1)C(=C1CCN(CCC(=O)C(C)(C)C)CC1)c1ccsc1CC2. The minimum absolute atomic E-state index is 0.222. The van der Waals surface area contributed by atoms with E-state index in [1.165, 1.54) is 27.8 Å². The molecule has 0 amide bonds. The minimum Gasteiger partial charge on any atom is -0.302 e. The number of piperidine rings is 1. The lowest BCUT2D eigenvalue weighted by Gasteiger charge is -2.31. The molecule has 2 aliphatic rings. The lowest BCUT2D eigenvalue weighted by molar-refractivity contribution is -0.126. The Morgan fingerprint density at radius 1 is 1.03 bits per heavy atom. The van der Waals surface area contributed by atoms with E-state index in [9.17, 15) is 4.79 Å². The van der Waals surface area contributed by atoms with Crippen molar-refractivity contribution in [2.45, 2.75) is 59.8 Å². The number of fused-ring (bicyclic) bond motifs is 2. The number of hydrogen-bond donors (Lipinski definition) is 0. The number of ketones is 1. The molecule has 0 radical (unpaired) electrons. The third-order valence-electron chi connectivity index (χ3n) is 6.48. The summed E-state index contributed by atoms with van der Waals surface area (Å²) >= 11 is 1.91. The van der Waals surface area contributed by atoms with E-state index in [0.717, 1.165) is 45.3 Å². The molecule has 0 saturated carbocycles. The standard InChI is InChI=1S/C26H33NOS/c1-18-5-6-19-7-8-23-21(12-16-29-23)25(22(19)17-18)20-9-13-27(14-10-20)15-11-24(28)26(2,3)4/h5-6,12,16-17H,7-11,13-15H2,1-4H3. The Morgan fingerprint density at radius 2 is 1.79 bits per heavy atom. The van der Waals surface area contributed by atoms with Crippen molar-refractivity contribution in [1.82, 2.24) is 4.90 Å². The van der Waals surface area contributed by atoms with E-state index in [-0.39, 0.29) is 5.41 Å². The molecule has 2 nitrogen and oxygen atoms in total. The van der Waals surface area contributed by atoms with Crippen molar-refractivity contribution in [1.29, 1.82) is 0 Å². The highest BCUT2D eigenvalue weighted by atomic mass is 32.1. The van der Waals surface area contributed by atoms with Crippen LogP contribution in [0.1, 0.15) is 67.2 Å². The van der Waals surface area contributed by atoms with Gasteiger partial charge in [-0.3, -0.25) is 4.79 Å². The predicted octanol–water partition coefficient (Wildman–Crippen LogP) is 6.06. The van der Waals surface area contributed by atoms with Crippen molar-refractivity contribution < 1.29 is 4.79 Å². The van der Waals surface area contributed by atoms with Gasteiger partial charge in [-0.2, -0.15) is 0 Å². The van der Waals surface area contributed by atoms with E-state index >= 15 is 0 Å². The molecule has 1 aliphatic carbocycles. The van der Waals surface area contributed by atoms with Crippen LogP contribution in [0.15, 0.2) is 35.2 Å². The maximum absolute atomic E-state index is 12.3. The van der Waals surface area contributed by atoms with Crippen LogP contribution in [0, 0.1) is 12.3 Å². The number of aryl methyl sites for hydroxylation is 3. The molecular weight excluding hydrogens is 374 g/mol. The quantitative estimate of drug-likeness (QED) is 0.616. The molecule has 1 fully saturated rings. The second-order valence-corrected chi connectivity index (χ2v) is 10.7. The molecule has 1 aromatic heterocycles. The fraction of sp³-hybridized carbons (Fsp3) is 0.500. The summed E-state index contributed by atoms with van der Waals surface area (Å²) in [6.45, 7) is 11.3. The average molecular weight is 408 g/mol. The normalized spacial score (nSPS) is 17.7. The third kappa shape index (κ3) is 4.41. The van der Waals surface area contributed by atoms with Crippen LogP contribution < -0.4 is 0 Å². The molecule has 0 atom stereocenters. The Morgan fingerprint density at radius 3 is 2.52 bits per heavy atom. The first-order chi connectivity index (χ1) is 13.8. The van der Waals surface area contributed by atoms with Crippen LogP contribution in [-0.4, -0.2) is 30.3 Å². The second kappa shape index (κ2) is 8.20. The van der Waals surface area contributed by atoms with Crippen LogP contribution in [-0.2, 0) is 17.6 Å². The Kier molecular flexibility index (Phi) is 5.81. The molecule has 3 heteroatoms. The van der Waals surface area contributed by atoms with Crippen LogP contribution >= 0.6 is 11.3 Å². The van der Waals surface area contributed by atoms with Crippen LogP contribution in [0.2, 0.25) is 0 Å². The van der Waals surface area contributed by atoms with Gasteiger partial charge in [0.15, 0.2) is 0 Å². The van der Waals surface area contributed by atoms with Crippen molar-refractivity contribution in [2.75, 3.05) is 19.6 Å². The highest BCUT2D eigenvalue weighted by molar-refractivity contribution is 7.10. The Balaban J connectivity index is 1.58. The topological polar surface area (TPSA) is 20.3 Å². The molecule has 154 valence electrons. The number of hydrogen-bond acceptors (Lipinski definition) is 3. The molecule has 2 aromatic rings. The number of benzene rings is 1. The fourth-order valence-electron chi connectivity index (χ4n) is 4.60. The molecule has 0 unspecified atom stereocenters. The molecule has 1 aliphatic heterocycles. The summed E-state index contributed by atoms with van der Waals surface area (Å²) in [5, 5.41) is 2.26. The largest absolute Gasteiger partial charge is 0.302 e. The number of nitrogens with zero attached hydrogens (tertiary/aromatic N) is 1. The average Bonchev–Trinajstić information content (AvgIpc) is 3.08. The molecule has 2 heterocycles. The van der Waals surface area contributed by atoms with Gasteiger partial charge in [-0.25, -0.2) is 0 Å². The highest BCUT2D eigenvalue weighted by Gasteiger charge is 2.26. The number of thiophene rings is 1. The van der Waals surface area contributed by atoms with Gasteiger partial charge in [0.2, 0.25) is 0 Å². The van der Waals surface area contributed by atoms with Gasteiger partial charge >= 0.3 is 0 Å². The summed E-state index contributed by atoms with van der Waals surface area (Å²) in [5.41, 5.74) is 8.69. The van der Waals surface area contributed by atoms with Crippen molar-refractivity contribution in [2.24, 2.45) is 5.41 Å². The molecular formula is C26H33NOS. The summed E-state index contributed by atoms with van der Waals surface area (Å²) in [4.78, 5) is 16.3. The monoisotopic (exact) mass is 407 g/mol. The molecule has 0 bridgehead atoms. The zero-order valence-corrected chi connectivity index (χ0v) is 19.1. The van der Waals surface area contributed by atoms with Crippen molar-refractivity contribution in [3.63, 3.8) is 0 Å². The van der Waals surface area contributed by atoms with E-state index in [1.807, 2.05) is 32.1 Å². The van der Waals surface area contributed by atoms with E-state index in [0.29, 0.717) is 12.2 Å². The van der Waals surface area contributed by atoms with Gasteiger partial charge in [0.25, 0.3) is 0 Å². The van der Waals surface area contributed by atoms with Gasteiger partial charge in [-0.15, -0.1) is 11.3 Å². The minimum atomic E-state index is -0.222. The molecule has 1 aromatic carbocycles. The molecule has 1 saturated heterocycles. The maximum Gasteiger partial charge on any atom is 0.139 e. The van der Waals surface area contributed by atoms with Crippen LogP contribution in [0.5, 0.6) is 0 Å². The number of likely N-dealkylation sites (tertiary alicyclic amines) is 1. The molecule has 4 rings (SSSR count). The number of carbonyl (C=O) groups is 1. The smallest absolute Gasteiger partial charge is 0.139 e. The zero-order chi connectivity index (χ0) is 20.6. The van der Waals surface area contributed by atoms with Crippen LogP contribution in [0.4, 0.5) is 0 Å². The first kappa shape index (κ1) is 20.6. The van der Waals surface area contributed by atoms with Gasteiger partial charge in [-0.05, 0) is 66.3 Å². The fourth-order valence-corrected chi connectivity index (χ4v) is 5.49. The van der Waals surface area contributed by atoms with Crippen molar-refractivity contribution in [3.05, 3.63) is 62.3 Å². The van der Waals surface area contributed by atoms with Gasteiger partial charge in [-0.1, -0.05) is 50.1 Å². The molecule has 0 N–H and O–H groups in total. The molecule has 29 heavy (non-hydrogen) atoms. The number of rotatable bonds is 3. The maximum atomic E-state index is 12.3. The Labute approximate surface area is 179 Å². The first-order valence-electron chi connectivity index (χ1n) is 11.0. The van der Waals surface area contributed by atoms with Crippen molar-refractivity contribution in [3.8, 4) is 0 Å². The van der Waals surface area contributed by atoms with Crippen molar-refractivity contribution >= 4 is 22.7 Å². The summed E-state index contributed by atoms with van der Waals surface area (Å²) in [7, 11) is 0. The van der Waals surface area contributed by atoms with Gasteiger partial charge in [0.1, 0.15) is 5.78 Å². The summed E-state index contributed by atoms with van der Waals surface area (Å²) in [6, 6.07) is 9.34. The zero-order valence-electron chi connectivity index (χ0n) is 18.3. The van der Waals surface area contributed by atoms with Gasteiger partial charge < -0.3 is 4.90 Å². The van der Waals surface area contributed by atoms with E-state index in [2.05, 4.69) is 41.5 Å². The van der Waals surface area contributed by atoms with Crippen LogP contribution in [0.3, 0.4) is 0 Å². The lowest BCUT2D eigenvalue weighted by atomic mass is 9.86. The Hall–Kier alpha value is -1.71. The van der Waals surface area contributed by atoms with E-state index < -0.39 is 0 Å². The second-order valence-electron chi connectivity index (χ2n) is 9.66. The Bertz CT molecular complexity index is 934. The van der Waals surface area contributed by atoms with E-state index in [1.54, 1.807) is 10.5 Å². The van der Waals surface area contributed by atoms with E-state index in [4.69, 9.17) is 0 Å². The number of carbonyl (C=O) groups excluding carboxylic acids is 1.